The molecule has 0 radical (unpaired) electrons. The Morgan fingerprint density at radius 3 is 2.40 bits per heavy atom. The van der Waals surface area contributed by atoms with Crippen LogP contribution in [0.15, 0.2) is 77.2 Å². The highest BCUT2D eigenvalue weighted by Gasteiger charge is 2.26. The number of anilines is 1. The Morgan fingerprint density at radius 2 is 1.81 bits per heavy atom. The molecule has 240 valence electrons. The molecule has 0 aliphatic carbocycles. The van der Waals surface area contributed by atoms with Gasteiger partial charge in [-0.25, -0.2) is 17.8 Å². The zero-order valence-corrected chi connectivity index (χ0v) is 26.8. The maximum atomic E-state index is 13.7. The smallest absolute Gasteiger partial charge is 0.255 e. The van der Waals surface area contributed by atoms with E-state index in [0.29, 0.717) is 45.6 Å². The number of ether oxygens (including phenoxy) is 1. The van der Waals surface area contributed by atoms with Crippen LogP contribution in [0.25, 0.3) is 33.6 Å². The number of nitriles is 1. The molecule has 2 amide bonds. The van der Waals surface area contributed by atoms with Crippen molar-refractivity contribution < 1.29 is 31.6 Å². The summed E-state index contributed by atoms with van der Waals surface area (Å²) in [6.07, 6.45) is 1.72. The topological polar surface area (TPSA) is 146 Å². The fraction of sp³-hybridized carbons (Fsp3) is 0.176. The number of hydrogen-bond acceptors (Lipinski definition) is 8. The lowest BCUT2D eigenvalue weighted by atomic mass is 10.0. The Morgan fingerprint density at radius 1 is 1.11 bits per heavy atom. The van der Waals surface area contributed by atoms with E-state index in [1.54, 1.807) is 49.4 Å². The van der Waals surface area contributed by atoms with Crippen LogP contribution in [0.5, 0.6) is 5.75 Å². The maximum Gasteiger partial charge on any atom is 0.255 e. The highest BCUT2D eigenvalue weighted by molar-refractivity contribution is 7.92. The second-order valence-electron chi connectivity index (χ2n) is 10.7. The van der Waals surface area contributed by atoms with Gasteiger partial charge in [-0.1, -0.05) is 12.1 Å². The van der Waals surface area contributed by atoms with Crippen LogP contribution in [0, 0.1) is 24.1 Å². The molecule has 47 heavy (non-hydrogen) atoms. The van der Waals surface area contributed by atoms with E-state index in [1.165, 1.54) is 49.3 Å². The van der Waals surface area contributed by atoms with Crippen LogP contribution in [0.3, 0.4) is 0 Å². The van der Waals surface area contributed by atoms with Gasteiger partial charge in [0, 0.05) is 43.2 Å². The molecule has 2 aromatic heterocycles. The van der Waals surface area contributed by atoms with E-state index in [2.05, 4.69) is 11.4 Å². The number of aryl methyl sites for hydroxylation is 1. The minimum absolute atomic E-state index is 0.0733. The van der Waals surface area contributed by atoms with Crippen molar-refractivity contribution >= 4 is 39.0 Å². The number of sulfonamides is 1. The molecule has 0 aliphatic rings. The first-order valence-corrected chi connectivity index (χ1v) is 16.1. The largest absolute Gasteiger partial charge is 0.471 e. The SMILES string of the molecule is CNC(=O)c1c(-c2ccc(F)cc2)oc2cc(N(C)S(C)(=O)=O)c(-c3ccc(OCN(C=O)Cc4ccc(C#N)cc4)c(C)n3)cc12. The number of carbonyl (C=O) groups excluding carboxylic acids is 2. The monoisotopic (exact) mass is 655 g/mol. The Bertz CT molecular complexity index is 2120. The molecule has 0 aliphatic heterocycles. The number of pyridine rings is 1. The van der Waals surface area contributed by atoms with Gasteiger partial charge in [0.1, 0.15) is 22.9 Å². The minimum Gasteiger partial charge on any atom is -0.471 e. The summed E-state index contributed by atoms with van der Waals surface area (Å²) < 4.78 is 52.2. The molecule has 0 bridgehead atoms. The van der Waals surface area contributed by atoms with Crippen LogP contribution in [0.2, 0.25) is 0 Å². The lowest BCUT2D eigenvalue weighted by Crippen LogP contribution is -2.26. The van der Waals surface area contributed by atoms with E-state index in [1.807, 2.05) is 0 Å². The third-order valence-electron chi connectivity index (χ3n) is 7.52. The van der Waals surface area contributed by atoms with E-state index in [-0.39, 0.29) is 35.9 Å². The predicted octanol–water partition coefficient (Wildman–Crippen LogP) is 5.23. The van der Waals surface area contributed by atoms with Gasteiger partial charge < -0.3 is 19.4 Å². The number of hydrogen-bond donors (Lipinski definition) is 1. The molecule has 0 unspecified atom stereocenters. The van der Waals surface area contributed by atoms with E-state index >= 15 is 0 Å². The van der Waals surface area contributed by atoms with Gasteiger partial charge in [-0.05, 0) is 67.1 Å². The van der Waals surface area contributed by atoms with Crippen molar-refractivity contribution in [1.82, 2.24) is 15.2 Å². The number of rotatable bonds is 11. The maximum absolute atomic E-state index is 13.7. The molecular weight excluding hydrogens is 625 g/mol. The second-order valence-corrected chi connectivity index (χ2v) is 12.7. The van der Waals surface area contributed by atoms with Gasteiger partial charge in [0.15, 0.2) is 6.73 Å². The summed E-state index contributed by atoms with van der Waals surface area (Å²) >= 11 is 0. The lowest BCUT2D eigenvalue weighted by Gasteiger charge is -2.21. The van der Waals surface area contributed by atoms with Gasteiger partial charge in [-0.2, -0.15) is 5.26 Å². The van der Waals surface area contributed by atoms with E-state index < -0.39 is 21.7 Å². The molecule has 0 spiro atoms. The lowest BCUT2D eigenvalue weighted by molar-refractivity contribution is -0.121. The highest BCUT2D eigenvalue weighted by Crippen LogP contribution is 2.41. The predicted molar refractivity (Wildman–Crippen MR) is 174 cm³/mol. The third-order valence-corrected chi connectivity index (χ3v) is 8.71. The molecule has 11 nitrogen and oxygen atoms in total. The fourth-order valence-corrected chi connectivity index (χ4v) is 5.48. The summed E-state index contributed by atoms with van der Waals surface area (Å²) in [6, 6.07) is 20.9. The van der Waals surface area contributed by atoms with Crippen LogP contribution < -0.4 is 14.4 Å². The number of carbonyl (C=O) groups is 2. The summed E-state index contributed by atoms with van der Waals surface area (Å²) in [5, 5.41) is 12.0. The van der Waals surface area contributed by atoms with Gasteiger partial charge in [0.05, 0.1) is 40.5 Å². The molecule has 0 saturated carbocycles. The van der Waals surface area contributed by atoms with E-state index in [0.717, 1.165) is 16.1 Å². The summed E-state index contributed by atoms with van der Waals surface area (Å²) in [5.41, 5.74) is 3.72. The van der Waals surface area contributed by atoms with Crippen LogP contribution in [-0.4, -0.2) is 57.7 Å². The van der Waals surface area contributed by atoms with Crippen LogP contribution >= 0.6 is 0 Å². The first-order chi connectivity index (χ1) is 22.4. The first kappa shape index (κ1) is 32.6. The quantitative estimate of drug-likeness (QED) is 0.150. The molecule has 0 atom stereocenters. The Labute approximate surface area is 270 Å². The molecule has 3 aromatic carbocycles. The van der Waals surface area contributed by atoms with Crippen molar-refractivity contribution in [3.8, 4) is 34.4 Å². The van der Waals surface area contributed by atoms with Crippen molar-refractivity contribution in [2.75, 3.05) is 31.4 Å². The number of nitrogens with zero attached hydrogens (tertiary/aromatic N) is 4. The Balaban J connectivity index is 1.54. The zero-order chi connectivity index (χ0) is 33.9. The fourth-order valence-electron chi connectivity index (χ4n) is 4.97. The molecule has 2 heterocycles. The molecule has 5 rings (SSSR count). The van der Waals surface area contributed by atoms with Crippen LogP contribution in [-0.2, 0) is 21.4 Å². The number of benzene rings is 3. The number of halogens is 1. The summed E-state index contributed by atoms with van der Waals surface area (Å²) in [7, 11) is -0.869. The number of amides is 2. The standard InChI is InChI=1S/C34H30FN5O6S/c1-21-30(45-20-40(19-41)18-23-7-5-22(17-36)6-8-23)14-13-28(38-21)26-15-27-31(16-29(26)39(3)47(4,43)44)46-33(32(27)34(42)37-2)24-9-11-25(35)12-10-24/h5-16,19H,18,20H2,1-4H3,(H,37,42). The molecule has 0 fully saturated rings. The summed E-state index contributed by atoms with van der Waals surface area (Å²) in [4.78, 5) is 31.0. The number of furan rings is 1. The highest BCUT2D eigenvalue weighted by atomic mass is 32.2. The van der Waals surface area contributed by atoms with Crippen LogP contribution in [0.1, 0.15) is 27.2 Å². The number of fused-ring (bicyclic) bond motifs is 1. The molecule has 5 aromatic rings. The normalized spacial score (nSPS) is 11.1. The Hall–Kier alpha value is -5.74. The second kappa shape index (κ2) is 13.3. The van der Waals surface area contributed by atoms with Gasteiger partial charge >= 0.3 is 0 Å². The number of nitrogens with one attached hydrogen (secondary N) is 1. The Kier molecular flexibility index (Phi) is 9.25. The van der Waals surface area contributed by atoms with Gasteiger partial charge in [-0.3, -0.25) is 13.9 Å². The summed E-state index contributed by atoms with van der Waals surface area (Å²) in [6.45, 7) is 1.90. The zero-order valence-electron chi connectivity index (χ0n) is 25.9. The minimum atomic E-state index is -3.74. The average molecular weight is 656 g/mol. The van der Waals surface area contributed by atoms with Crippen molar-refractivity contribution in [3.05, 3.63) is 101 Å². The van der Waals surface area contributed by atoms with Crippen LogP contribution in [0.4, 0.5) is 10.1 Å². The molecule has 1 N–H and O–H groups in total. The molecular formula is C34H30FN5O6S. The van der Waals surface area contributed by atoms with Gasteiger partial charge in [0.2, 0.25) is 16.4 Å². The molecule has 13 heteroatoms. The van der Waals surface area contributed by atoms with Gasteiger partial charge in [0.25, 0.3) is 5.91 Å². The van der Waals surface area contributed by atoms with Crippen molar-refractivity contribution in [3.63, 3.8) is 0 Å². The van der Waals surface area contributed by atoms with Crippen molar-refractivity contribution in [1.29, 1.82) is 5.26 Å². The molecule has 0 saturated heterocycles. The number of aromatic nitrogens is 1. The first-order valence-electron chi connectivity index (χ1n) is 14.2. The van der Waals surface area contributed by atoms with Gasteiger partial charge in [-0.15, -0.1) is 0 Å². The van der Waals surface area contributed by atoms with Crippen molar-refractivity contribution in [2.24, 2.45) is 0 Å². The average Bonchev–Trinajstić information content (AvgIpc) is 3.44. The van der Waals surface area contributed by atoms with Crippen molar-refractivity contribution in [2.45, 2.75) is 13.5 Å². The summed E-state index contributed by atoms with van der Waals surface area (Å²) in [5.74, 6) is -0.317. The van der Waals surface area contributed by atoms with E-state index in [9.17, 15) is 22.4 Å². The van der Waals surface area contributed by atoms with E-state index in [4.69, 9.17) is 19.4 Å². The third kappa shape index (κ3) is 6.92.